The molecule has 2 fully saturated rings. The number of hydrogen-bond donors (Lipinski definition) is 2. The molecule has 0 bridgehead atoms. The Labute approximate surface area is 285 Å². The van der Waals surface area contributed by atoms with Gasteiger partial charge in [0.15, 0.2) is 5.82 Å². The fourth-order valence-electron chi connectivity index (χ4n) is 5.72. The molecule has 4 aromatic rings. The maximum absolute atomic E-state index is 14.1. The second-order valence-electron chi connectivity index (χ2n) is 11.8. The number of amides is 2. The molecule has 50 heavy (non-hydrogen) atoms. The van der Waals surface area contributed by atoms with Crippen molar-refractivity contribution in [1.82, 2.24) is 35.2 Å². The molecule has 1 saturated carbocycles. The number of methoxy groups -OCH3 is 2. The highest BCUT2D eigenvalue weighted by Gasteiger charge is 2.38. The van der Waals surface area contributed by atoms with E-state index in [9.17, 15) is 18.0 Å². The molecule has 0 unspecified atom stereocenters. The second kappa shape index (κ2) is 15.6. The zero-order valence-corrected chi connectivity index (χ0v) is 27.3. The Hall–Kier alpha value is -5.16. The van der Waals surface area contributed by atoms with E-state index < -0.39 is 29.8 Å². The van der Waals surface area contributed by atoms with Crippen LogP contribution < -0.4 is 25.0 Å². The minimum absolute atomic E-state index is 0.0283. The van der Waals surface area contributed by atoms with E-state index >= 15 is 0 Å². The molecule has 3 aromatic heterocycles. The van der Waals surface area contributed by atoms with Crippen LogP contribution in [-0.2, 0) is 15.7 Å². The standard InChI is InChI=1S/C33H36F3N9O5/c1-47-19-27(20-6-4-3-5-7-20)43-32(46)45(28-16-37-26(15-38-28)21-12-40-31(48-2)41-13-21)23-10-8-22(9-11-23)42-30-39-14-25(33(34,35)36)29(44-30)50-24-17-49-18-24/h3-7,12-16,22-24,27H,8-11,17-19H2,1-2H3,(H,43,46)(H,39,42,44)/t22-,23-,27-/m1/s1. The number of aromatic nitrogens is 6. The van der Waals surface area contributed by atoms with Crippen molar-refractivity contribution >= 4 is 17.8 Å². The molecule has 2 aliphatic rings. The largest absolute Gasteiger partial charge is 0.469 e. The Morgan fingerprint density at radius 1 is 0.960 bits per heavy atom. The molecule has 2 amide bonds. The Morgan fingerprint density at radius 3 is 2.30 bits per heavy atom. The molecule has 1 saturated heterocycles. The van der Waals surface area contributed by atoms with Gasteiger partial charge in [-0.05, 0) is 31.2 Å². The molecule has 4 heterocycles. The maximum Gasteiger partial charge on any atom is 0.423 e. The number of rotatable bonds is 12. The van der Waals surface area contributed by atoms with Gasteiger partial charge in [0.05, 0.1) is 51.1 Å². The number of carbonyl (C=O) groups excluding carboxylic acids is 1. The molecule has 0 radical (unpaired) electrons. The molecule has 17 heteroatoms. The van der Waals surface area contributed by atoms with E-state index in [0.29, 0.717) is 42.8 Å². The molecule has 6 rings (SSSR count). The van der Waals surface area contributed by atoms with Crippen molar-refractivity contribution in [2.24, 2.45) is 0 Å². The summed E-state index contributed by atoms with van der Waals surface area (Å²) < 4.78 is 61.8. The van der Waals surface area contributed by atoms with Gasteiger partial charge in [0, 0.05) is 43.3 Å². The van der Waals surface area contributed by atoms with E-state index in [1.165, 1.54) is 13.3 Å². The average molecular weight is 696 g/mol. The zero-order chi connectivity index (χ0) is 35.1. The first-order valence-corrected chi connectivity index (χ1v) is 16.0. The predicted octanol–water partition coefficient (Wildman–Crippen LogP) is 4.86. The van der Waals surface area contributed by atoms with E-state index in [1.807, 2.05) is 30.3 Å². The lowest BCUT2D eigenvalue weighted by Gasteiger charge is -2.37. The number of urea groups is 1. The van der Waals surface area contributed by atoms with Crippen LogP contribution in [0.2, 0.25) is 0 Å². The molecular formula is C33H36F3N9O5. The van der Waals surface area contributed by atoms with Gasteiger partial charge in [-0.15, -0.1) is 0 Å². The van der Waals surface area contributed by atoms with Gasteiger partial charge in [-0.3, -0.25) is 9.88 Å². The molecule has 1 atom stereocenters. The Morgan fingerprint density at radius 2 is 1.70 bits per heavy atom. The highest BCUT2D eigenvalue weighted by molar-refractivity contribution is 5.92. The first kappa shape index (κ1) is 34.7. The molecule has 1 aromatic carbocycles. The lowest BCUT2D eigenvalue weighted by atomic mass is 9.90. The number of ether oxygens (including phenoxy) is 4. The zero-order valence-electron chi connectivity index (χ0n) is 27.3. The van der Waals surface area contributed by atoms with Crippen LogP contribution in [0.4, 0.5) is 29.7 Å². The summed E-state index contributed by atoms with van der Waals surface area (Å²) >= 11 is 0. The quantitative estimate of drug-likeness (QED) is 0.208. The minimum Gasteiger partial charge on any atom is -0.469 e. The third-order valence-electron chi connectivity index (χ3n) is 8.38. The average Bonchev–Trinajstić information content (AvgIpc) is 3.11. The monoisotopic (exact) mass is 695 g/mol. The van der Waals surface area contributed by atoms with Gasteiger partial charge in [0.25, 0.3) is 0 Å². The number of benzene rings is 1. The van der Waals surface area contributed by atoms with Crippen molar-refractivity contribution < 1.29 is 36.9 Å². The number of nitrogens with one attached hydrogen (secondary N) is 2. The van der Waals surface area contributed by atoms with Crippen molar-refractivity contribution in [3.8, 4) is 23.1 Å². The summed E-state index contributed by atoms with van der Waals surface area (Å²) in [6.07, 6.45) is 4.01. The molecule has 264 valence electrons. The van der Waals surface area contributed by atoms with Gasteiger partial charge >= 0.3 is 18.2 Å². The molecule has 2 N–H and O–H groups in total. The Bertz CT molecular complexity index is 1710. The molecule has 0 spiro atoms. The van der Waals surface area contributed by atoms with E-state index in [-0.39, 0.29) is 49.9 Å². The fourth-order valence-corrected chi connectivity index (χ4v) is 5.72. The predicted molar refractivity (Wildman–Crippen MR) is 174 cm³/mol. The normalized spacial score (nSPS) is 18.4. The number of anilines is 2. The lowest BCUT2D eigenvalue weighted by Crippen LogP contribution is -2.50. The van der Waals surface area contributed by atoms with Crippen LogP contribution in [0.1, 0.15) is 42.9 Å². The molecule has 1 aliphatic heterocycles. The molecule has 1 aliphatic carbocycles. The van der Waals surface area contributed by atoms with Crippen molar-refractivity contribution in [3.05, 3.63) is 72.4 Å². The number of halogens is 3. The highest BCUT2D eigenvalue weighted by Crippen LogP contribution is 2.36. The van der Waals surface area contributed by atoms with Gasteiger partial charge in [-0.25, -0.2) is 24.7 Å². The first-order chi connectivity index (χ1) is 24.2. The first-order valence-electron chi connectivity index (χ1n) is 16.0. The van der Waals surface area contributed by atoms with E-state index in [2.05, 4.69) is 40.5 Å². The lowest BCUT2D eigenvalue weighted by molar-refractivity contribution is -0.142. The van der Waals surface area contributed by atoms with Gasteiger partial charge in [0.1, 0.15) is 11.7 Å². The number of carbonyl (C=O) groups is 1. The van der Waals surface area contributed by atoms with E-state index in [4.69, 9.17) is 18.9 Å². The van der Waals surface area contributed by atoms with Gasteiger partial charge in [-0.2, -0.15) is 18.2 Å². The molecule has 14 nitrogen and oxygen atoms in total. The summed E-state index contributed by atoms with van der Waals surface area (Å²) in [5, 5.41) is 6.26. The van der Waals surface area contributed by atoms with Crippen LogP contribution in [0.3, 0.4) is 0 Å². The van der Waals surface area contributed by atoms with Crippen LogP contribution >= 0.6 is 0 Å². The van der Waals surface area contributed by atoms with Crippen LogP contribution in [-0.4, -0.2) is 88.2 Å². The summed E-state index contributed by atoms with van der Waals surface area (Å²) in [4.78, 5) is 41.1. The summed E-state index contributed by atoms with van der Waals surface area (Å²) in [5.41, 5.74) is 0.961. The van der Waals surface area contributed by atoms with E-state index in [1.54, 1.807) is 30.6 Å². The van der Waals surface area contributed by atoms with E-state index in [0.717, 1.165) is 11.8 Å². The maximum atomic E-state index is 14.1. The number of nitrogens with zero attached hydrogens (tertiary/aromatic N) is 7. The van der Waals surface area contributed by atoms with Gasteiger partial charge in [0.2, 0.25) is 11.8 Å². The third-order valence-corrected chi connectivity index (χ3v) is 8.38. The number of hydrogen-bond acceptors (Lipinski definition) is 12. The molecular weight excluding hydrogens is 659 g/mol. The summed E-state index contributed by atoms with van der Waals surface area (Å²) in [6, 6.07) is 8.47. The van der Waals surface area contributed by atoms with Gasteiger partial charge in [-0.1, -0.05) is 30.3 Å². The second-order valence-corrected chi connectivity index (χ2v) is 11.8. The fraction of sp³-hybridized carbons (Fsp3) is 0.424. The van der Waals surface area contributed by atoms with Crippen molar-refractivity contribution in [1.29, 1.82) is 0 Å². The number of alkyl halides is 3. The van der Waals surface area contributed by atoms with Crippen molar-refractivity contribution in [3.63, 3.8) is 0 Å². The Balaban J connectivity index is 1.19. The topological polar surface area (TPSA) is 159 Å². The summed E-state index contributed by atoms with van der Waals surface area (Å²) in [7, 11) is 3.04. The third kappa shape index (κ3) is 8.34. The SMILES string of the molecule is COC[C@@H](NC(=O)N(c1cnc(-c2cnc(OC)nc2)cn1)[C@H]1CC[C@H](Nc2ncc(C(F)(F)F)c(OC3COC3)n2)CC1)c1ccccc1. The summed E-state index contributed by atoms with van der Waals surface area (Å²) in [5.74, 6) is -0.165. The van der Waals surface area contributed by atoms with Crippen LogP contribution in [0.15, 0.2) is 61.3 Å². The summed E-state index contributed by atoms with van der Waals surface area (Å²) in [6.45, 7) is 0.631. The van der Waals surface area contributed by atoms with Crippen LogP contribution in [0, 0.1) is 0 Å². The van der Waals surface area contributed by atoms with Crippen LogP contribution in [0.5, 0.6) is 11.9 Å². The van der Waals surface area contributed by atoms with Gasteiger partial charge < -0.3 is 29.6 Å². The van der Waals surface area contributed by atoms with Crippen molar-refractivity contribution in [2.75, 3.05) is 44.3 Å². The van der Waals surface area contributed by atoms with Crippen LogP contribution in [0.25, 0.3) is 11.3 Å². The smallest absolute Gasteiger partial charge is 0.423 e. The highest BCUT2D eigenvalue weighted by atomic mass is 19.4. The Kier molecular flexibility index (Phi) is 10.8. The minimum atomic E-state index is -4.67. The van der Waals surface area contributed by atoms with Crippen molar-refractivity contribution in [2.45, 2.75) is 56.1 Å².